The number of ether oxygens (including phenoxy) is 1. The number of allylic oxidation sites excluding steroid dienone is 2. The number of rotatable bonds is 5. The number of aromatic amines is 1. The molecule has 0 spiro atoms. The number of anilines is 1. The Hall–Kier alpha value is -3.86. The molecule has 1 aromatic carbocycles. The van der Waals surface area contributed by atoms with Crippen molar-refractivity contribution in [3.05, 3.63) is 65.5 Å². The van der Waals surface area contributed by atoms with Crippen LogP contribution in [-0.4, -0.2) is 59.7 Å². The van der Waals surface area contributed by atoms with Crippen LogP contribution >= 0.6 is 22.9 Å². The van der Waals surface area contributed by atoms with E-state index in [2.05, 4.69) is 31.5 Å². The van der Waals surface area contributed by atoms with Crippen molar-refractivity contribution in [1.82, 2.24) is 20.5 Å². The second-order valence-electron chi connectivity index (χ2n) is 8.81. The van der Waals surface area contributed by atoms with Crippen molar-refractivity contribution in [2.45, 2.75) is 17.1 Å². The molecule has 9 nitrogen and oxygen atoms in total. The number of H-pyrrole nitrogens is 1. The van der Waals surface area contributed by atoms with Crippen LogP contribution in [0.2, 0.25) is 0 Å². The van der Waals surface area contributed by atoms with Crippen LogP contribution in [0.15, 0.2) is 54.4 Å². The number of amides is 2. The highest BCUT2D eigenvalue weighted by atomic mass is 35.5. The number of benzene rings is 1. The molecule has 1 fully saturated rings. The second-order valence-corrected chi connectivity index (χ2v) is 10.4. The summed E-state index contributed by atoms with van der Waals surface area (Å²) in [5.74, 6) is 0.426. The number of hydrogen-bond donors (Lipinski definition) is 3. The SMILES string of the molecule is N#Cc1c(N2CCOCC2)sc(-c2nc[nH]n2)c1-c1ccc(C2(Cl)C=CC(C(F)(F)F)=CC2NC(N)=O)cc1. The summed E-state index contributed by atoms with van der Waals surface area (Å²) in [6.07, 6.45) is -0.272. The van der Waals surface area contributed by atoms with E-state index in [0.29, 0.717) is 59.3 Å². The summed E-state index contributed by atoms with van der Waals surface area (Å²) in [4.78, 5) is 17.1. The normalized spacial score (nSPS) is 21.4. The van der Waals surface area contributed by atoms with Crippen LogP contribution < -0.4 is 16.0 Å². The topological polar surface area (TPSA) is 133 Å². The average Bonchev–Trinajstić information content (AvgIpc) is 3.58. The second kappa shape index (κ2) is 10.4. The Balaban J connectivity index is 1.57. The first-order valence-electron chi connectivity index (χ1n) is 11.7. The minimum Gasteiger partial charge on any atom is -0.378 e. The van der Waals surface area contributed by atoms with Gasteiger partial charge in [0.05, 0.1) is 35.3 Å². The van der Waals surface area contributed by atoms with E-state index in [4.69, 9.17) is 22.1 Å². The van der Waals surface area contributed by atoms with E-state index >= 15 is 0 Å². The highest BCUT2D eigenvalue weighted by Gasteiger charge is 2.43. The molecular weight excluding hydrogens is 555 g/mol. The molecule has 1 saturated heterocycles. The molecule has 3 aromatic rings. The number of thiophene rings is 1. The predicted molar refractivity (Wildman–Crippen MR) is 140 cm³/mol. The van der Waals surface area contributed by atoms with Gasteiger partial charge < -0.3 is 20.7 Å². The Bertz CT molecular complexity index is 1470. The van der Waals surface area contributed by atoms with Crippen LogP contribution in [0, 0.1) is 11.3 Å². The van der Waals surface area contributed by atoms with Crippen LogP contribution in [0.5, 0.6) is 0 Å². The van der Waals surface area contributed by atoms with E-state index in [1.165, 1.54) is 23.7 Å². The molecule has 1 aliphatic carbocycles. The highest BCUT2D eigenvalue weighted by Crippen LogP contribution is 2.47. The van der Waals surface area contributed by atoms with Crippen LogP contribution in [0.4, 0.5) is 23.0 Å². The molecule has 4 N–H and O–H groups in total. The van der Waals surface area contributed by atoms with Crippen molar-refractivity contribution in [3.63, 3.8) is 0 Å². The first-order chi connectivity index (χ1) is 18.6. The van der Waals surface area contributed by atoms with Gasteiger partial charge in [0, 0.05) is 18.7 Å². The lowest BCUT2D eigenvalue weighted by molar-refractivity contribution is -0.0888. The zero-order chi connectivity index (χ0) is 27.8. The number of urea groups is 1. The van der Waals surface area contributed by atoms with Crippen molar-refractivity contribution >= 4 is 34.0 Å². The zero-order valence-electron chi connectivity index (χ0n) is 20.1. The summed E-state index contributed by atoms with van der Waals surface area (Å²) in [6.45, 7) is 2.34. The molecule has 2 amide bonds. The Morgan fingerprint density at radius 2 is 2.03 bits per heavy atom. The van der Waals surface area contributed by atoms with E-state index in [1.807, 2.05) is 0 Å². The van der Waals surface area contributed by atoms with Gasteiger partial charge in [-0.2, -0.15) is 23.5 Å². The molecule has 2 aliphatic rings. The molecule has 14 heteroatoms. The molecule has 2 atom stereocenters. The third-order valence-electron chi connectivity index (χ3n) is 6.46. The van der Waals surface area contributed by atoms with Crippen LogP contribution in [-0.2, 0) is 9.61 Å². The number of halogens is 4. The Labute approximate surface area is 229 Å². The predicted octanol–water partition coefficient (Wildman–Crippen LogP) is 4.44. The van der Waals surface area contributed by atoms with Crippen LogP contribution in [0.25, 0.3) is 21.8 Å². The Kier molecular flexibility index (Phi) is 7.11. The van der Waals surface area contributed by atoms with Crippen molar-refractivity contribution in [3.8, 4) is 27.9 Å². The lowest BCUT2D eigenvalue weighted by Gasteiger charge is -2.35. The lowest BCUT2D eigenvalue weighted by atomic mass is 9.84. The highest BCUT2D eigenvalue weighted by molar-refractivity contribution is 7.20. The van der Waals surface area contributed by atoms with Crippen molar-refractivity contribution < 1.29 is 22.7 Å². The molecule has 5 rings (SSSR count). The summed E-state index contributed by atoms with van der Waals surface area (Å²) in [7, 11) is 0. The largest absolute Gasteiger partial charge is 0.416 e. The number of carbonyl (C=O) groups excluding carboxylic acids is 1. The maximum atomic E-state index is 13.4. The molecule has 0 radical (unpaired) electrons. The molecule has 0 saturated carbocycles. The van der Waals surface area contributed by atoms with Crippen LogP contribution in [0.1, 0.15) is 11.1 Å². The van der Waals surface area contributed by atoms with E-state index in [0.717, 1.165) is 17.2 Å². The number of hydrogen-bond acceptors (Lipinski definition) is 7. The van der Waals surface area contributed by atoms with Gasteiger partial charge in [-0.05, 0) is 17.2 Å². The lowest BCUT2D eigenvalue weighted by Crippen LogP contribution is -2.49. The third-order valence-corrected chi connectivity index (χ3v) is 8.29. The summed E-state index contributed by atoms with van der Waals surface area (Å²) in [5.41, 5.74) is 6.46. The summed E-state index contributed by atoms with van der Waals surface area (Å²) >= 11 is 8.24. The van der Waals surface area contributed by atoms with Gasteiger partial charge >= 0.3 is 12.2 Å². The Morgan fingerprint density at radius 1 is 1.31 bits per heavy atom. The average molecular weight is 576 g/mol. The molecule has 0 bridgehead atoms. The summed E-state index contributed by atoms with van der Waals surface area (Å²) < 4.78 is 45.5. The third kappa shape index (κ3) is 5.10. The quantitative estimate of drug-likeness (QED) is 0.385. The first-order valence-corrected chi connectivity index (χ1v) is 12.9. The van der Waals surface area contributed by atoms with Gasteiger partial charge in [-0.3, -0.25) is 5.10 Å². The van der Waals surface area contributed by atoms with Gasteiger partial charge in [0.2, 0.25) is 0 Å². The number of nitrogens with one attached hydrogen (secondary N) is 2. The van der Waals surface area contributed by atoms with Crippen molar-refractivity contribution in [2.24, 2.45) is 5.73 Å². The van der Waals surface area contributed by atoms with Crippen molar-refractivity contribution in [2.75, 3.05) is 31.2 Å². The minimum atomic E-state index is -4.63. The molecule has 202 valence electrons. The van der Waals surface area contributed by atoms with Gasteiger partial charge in [-0.1, -0.05) is 36.4 Å². The van der Waals surface area contributed by atoms with E-state index in [-0.39, 0.29) is 0 Å². The fourth-order valence-corrected chi connectivity index (χ4v) is 6.16. The van der Waals surface area contributed by atoms with Gasteiger partial charge in [0.15, 0.2) is 5.82 Å². The molecule has 3 heterocycles. The standard InChI is InChI=1S/C25H21ClF3N7O2S/c26-24(6-5-16(25(27,28)29)11-18(24)34-23(31)37)15-3-1-14(2-4-15)19-17(12-30)22(36-7-9-38-10-8-36)39-20(19)21-32-13-33-35-21/h1-6,11,13,18H,7-10H2,(H3,31,34,37)(H,32,33,35). The summed E-state index contributed by atoms with van der Waals surface area (Å²) in [6, 6.07) is 6.77. The number of nitrogens with two attached hydrogens (primary N) is 1. The number of primary amides is 1. The van der Waals surface area contributed by atoms with E-state index in [1.54, 1.807) is 24.3 Å². The fourth-order valence-electron chi connectivity index (χ4n) is 4.59. The number of nitrogens with zero attached hydrogens (tertiary/aromatic N) is 4. The number of carbonyl (C=O) groups is 1. The maximum Gasteiger partial charge on any atom is 0.416 e. The number of morpholine rings is 1. The van der Waals surface area contributed by atoms with Gasteiger partial charge in [-0.15, -0.1) is 22.9 Å². The number of nitriles is 1. The number of aromatic nitrogens is 3. The van der Waals surface area contributed by atoms with E-state index < -0.39 is 28.7 Å². The molecule has 2 aromatic heterocycles. The van der Waals surface area contributed by atoms with E-state index in [9.17, 15) is 23.2 Å². The van der Waals surface area contributed by atoms with Gasteiger partial charge in [-0.25, -0.2) is 9.78 Å². The fraction of sp³-hybridized carbons (Fsp3) is 0.280. The van der Waals surface area contributed by atoms with Crippen LogP contribution in [0.3, 0.4) is 0 Å². The Morgan fingerprint density at radius 3 is 2.62 bits per heavy atom. The number of alkyl halides is 4. The zero-order valence-corrected chi connectivity index (χ0v) is 21.7. The molecular formula is C25H21ClF3N7O2S. The van der Waals surface area contributed by atoms with Crippen molar-refractivity contribution in [1.29, 1.82) is 5.26 Å². The first kappa shape index (κ1) is 26.7. The smallest absolute Gasteiger partial charge is 0.378 e. The molecule has 1 aliphatic heterocycles. The van der Waals surface area contributed by atoms with Gasteiger partial charge in [0.25, 0.3) is 0 Å². The molecule has 2 unspecified atom stereocenters. The monoisotopic (exact) mass is 575 g/mol. The minimum absolute atomic E-state index is 0.418. The van der Waals surface area contributed by atoms with Gasteiger partial charge in [0.1, 0.15) is 22.3 Å². The maximum absolute atomic E-state index is 13.4. The summed E-state index contributed by atoms with van der Waals surface area (Å²) in [5, 5.41) is 20.2. The molecule has 39 heavy (non-hydrogen) atoms.